The summed E-state index contributed by atoms with van der Waals surface area (Å²) in [5, 5.41) is 5.30. The molecule has 2 fully saturated rings. The van der Waals surface area contributed by atoms with E-state index in [2.05, 4.69) is 52.4 Å². The van der Waals surface area contributed by atoms with Gasteiger partial charge in [0.2, 0.25) is 0 Å². The number of amides is 1. The maximum absolute atomic E-state index is 13.2. The smallest absolute Gasteiger partial charge is 0.276 e. The maximum atomic E-state index is 13.2. The van der Waals surface area contributed by atoms with Gasteiger partial charge in [-0.1, -0.05) is 23.4 Å². The second-order valence-electron chi connectivity index (χ2n) is 9.13. The lowest BCUT2D eigenvalue weighted by atomic mass is 9.89. The van der Waals surface area contributed by atoms with Gasteiger partial charge in [0, 0.05) is 65.5 Å². The molecule has 4 heterocycles. The highest BCUT2D eigenvalue weighted by atomic mass is 16.5. The summed E-state index contributed by atoms with van der Waals surface area (Å²) < 4.78 is 5.43. The molecule has 0 bridgehead atoms. The predicted octanol–water partition coefficient (Wildman–Crippen LogP) is 5.42. The maximum Gasteiger partial charge on any atom is 0.276 e. The number of hydrogen-bond donors (Lipinski definition) is 1. The molecule has 162 valence electrons. The Hall–Kier alpha value is -3.41. The Labute approximate surface area is 186 Å². The molecular formula is C26H26N4O2. The zero-order valence-corrected chi connectivity index (χ0v) is 18.2. The monoisotopic (exact) mass is 426 g/mol. The molecule has 2 aliphatic rings. The molecule has 0 spiro atoms. The van der Waals surface area contributed by atoms with Crippen LogP contribution in [-0.2, 0) is 0 Å². The van der Waals surface area contributed by atoms with Crippen LogP contribution in [0, 0.1) is 6.92 Å². The Kier molecular flexibility index (Phi) is 4.59. The van der Waals surface area contributed by atoms with Crippen LogP contribution in [0.2, 0.25) is 0 Å². The zero-order valence-electron chi connectivity index (χ0n) is 18.2. The average molecular weight is 427 g/mol. The molecule has 1 saturated heterocycles. The number of carbonyl (C=O) groups excluding carboxylic acids is 1. The van der Waals surface area contributed by atoms with E-state index in [1.165, 1.54) is 27.7 Å². The van der Waals surface area contributed by atoms with Gasteiger partial charge in [0.15, 0.2) is 5.69 Å². The van der Waals surface area contributed by atoms with E-state index in [1.54, 1.807) is 0 Å². The lowest BCUT2D eigenvalue weighted by molar-refractivity contribution is 0.0695. The fourth-order valence-electron chi connectivity index (χ4n) is 5.03. The van der Waals surface area contributed by atoms with Crippen molar-refractivity contribution in [2.45, 2.75) is 44.4 Å². The van der Waals surface area contributed by atoms with E-state index in [4.69, 9.17) is 4.52 Å². The summed E-state index contributed by atoms with van der Waals surface area (Å²) in [6, 6.07) is 12.4. The van der Waals surface area contributed by atoms with Gasteiger partial charge in [-0.2, -0.15) is 0 Å². The van der Waals surface area contributed by atoms with Crippen LogP contribution < -0.4 is 0 Å². The third kappa shape index (κ3) is 3.30. The Morgan fingerprint density at radius 3 is 2.78 bits per heavy atom. The first-order valence-corrected chi connectivity index (χ1v) is 11.5. The van der Waals surface area contributed by atoms with Crippen LogP contribution in [0.4, 0.5) is 0 Å². The lowest BCUT2D eigenvalue weighted by Gasteiger charge is -2.32. The van der Waals surface area contributed by atoms with E-state index in [1.807, 2.05) is 23.4 Å². The number of benzene rings is 1. The average Bonchev–Trinajstić information content (AvgIpc) is 3.42. The number of rotatable bonds is 4. The third-order valence-electron chi connectivity index (χ3n) is 6.88. The number of pyridine rings is 1. The van der Waals surface area contributed by atoms with Crippen LogP contribution >= 0.6 is 0 Å². The van der Waals surface area contributed by atoms with Gasteiger partial charge < -0.3 is 14.4 Å². The van der Waals surface area contributed by atoms with Crippen LogP contribution in [0.5, 0.6) is 0 Å². The highest BCUT2D eigenvalue weighted by Crippen LogP contribution is 2.41. The molecule has 4 aromatic rings. The molecule has 1 saturated carbocycles. The molecule has 1 aliphatic carbocycles. The van der Waals surface area contributed by atoms with E-state index >= 15 is 0 Å². The number of nitrogens with one attached hydrogen (secondary N) is 1. The van der Waals surface area contributed by atoms with Crippen molar-refractivity contribution in [3.8, 4) is 11.1 Å². The number of aromatic nitrogens is 3. The molecular weight excluding hydrogens is 400 g/mol. The van der Waals surface area contributed by atoms with Gasteiger partial charge in [0.25, 0.3) is 5.91 Å². The van der Waals surface area contributed by atoms with Crippen molar-refractivity contribution in [3.63, 3.8) is 0 Å². The molecule has 1 aromatic carbocycles. The number of carbonyl (C=O) groups is 1. The van der Waals surface area contributed by atoms with Gasteiger partial charge in [-0.15, -0.1) is 0 Å². The Morgan fingerprint density at radius 1 is 1.12 bits per heavy atom. The van der Waals surface area contributed by atoms with E-state index in [0.29, 0.717) is 18.2 Å². The summed E-state index contributed by atoms with van der Waals surface area (Å²) in [6.07, 6.45) is 7.95. The van der Waals surface area contributed by atoms with E-state index in [-0.39, 0.29) is 11.8 Å². The van der Waals surface area contributed by atoms with Crippen molar-refractivity contribution >= 4 is 16.8 Å². The van der Waals surface area contributed by atoms with Crippen LogP contribution in [0.1, 0.15) is 65.0 Å². The van der Waals surface area contributed by atoms with Crippen molar-refractivity contribution in [2.75, 3.05) is 13.1 Å². The van der Waals surface area contributed by atoms with Crippen molar-refractivity contribution in [3.05, 3.63) is 71.5 Å². The molecule has 32 heavy (non-hydrogen) atoms. The minimum atomic E-state index is -0.0249. The molecule has 6 heteroatoms. The second-order valence-corrected chi connectivity index (χ2v) is 9.13. The molecule has 1 atom stereocenters. The number of fused-ring (bicyclic) bond motifs is 1. The highest BCUT2D eigenvalue weighted by Gasteiger charge is 2.33. The summed E-state index contributed by atoms with van der Waals surface area (Å²) >= 11 is 0. The molecule has 0 radical (unpaired) electrons. The van der Waals surface area contributed by atoms with Gasteiger partial charge in [-0.25, -0.2) is 0 Å². The van der Waals surface area contributed by atoms with E-state index in [0.717, 1.165) is 43.6 Å². The standard InChI is InChI=1S/C26H26N4O2/c1-16-4-2-6-20-23(18-9-11-27-12-10-18)25(28-24(16)20)19-5-3-13-30(15-19)26(31)21-14-22(32-29-21)17-7-8-17/h2,4,6,9-12,14,17,19,28H,3,5,7-8,13,15H2,1H3. The van der Waals surface area contributed by atoms with Crippen molar-refractivity contribution in [2.24, 2.45) is 0 Å². The topological polar surface area (TPSA) is 75.0 Å². The summed E-state index contributed by atoms with van der Waals surface area (Å²) in [4.78, 5) is 23.1. The molecule has 6 rings (SSSR count). The van der Waals surface area contributed by atoms with Crippen molar-refractivity contribution in [1.29, 1.82) is 0 Å². The summed E-state index contributed by atoms with van der Waals surface area (Å²) in [7, 11) is 0. The molecule has 1 unspecified atom stereocenters. The number of hydrogen-bond acceptors (Lipinski definition) is 4. The molecule has 1 amide bonds. The summed E-state index contributed by atoms with van der Waals surface area (Å²) in [6.45, 7) is 3.57. The fourth-order valence-corrected chi connectivity index (χ4v) is 5.03. The van der Waals surface area contributed by atoms with Gasteiger partial charge >= 0.3 is 0 Å². The largest absolute Gasteiger partial charge is 0.360 e. The van der Waals surface area contributed by atoms with Crippen molar-refractivity contribution in [1.82, 2.24) is 20.0 Å². The lowest BCUT2D eigenvalue weighted by Crippen LogP contribution is -2.39. The summed E-state index contributed by atoms with van der Waals surface area (Å²) in [5.41, 5.74) is 6.42. The molecule has 3 aromatic heterocycles. The van der Waals surface area contributed by atoms with Crippen LogP contribution in [0.15, 0.2) is 53.3 Å². The number of aromatic amines is 1. The number of aryl methyl sites for hydroxylation is 1. The highest BCUT2D eigenvalue weighted by molar-refractivity contribution is 5.99. The second kappa shape index (κ2) is 7.62. The minimum absolute atomic E-state index is 0.0249. The first-order valence-electron chi connectivity index (χ1n) is 11.5. The first kappa shape index (κ1) is 19.3. The predicted molar refractivity (Wildman–Crippen MR) is 123 cm³/mol. The number of H-pyrrole nitrogens is 1. The Balaban J connectivity index is 1.35. The molecule has 1 aliphatic heterocycles. The Morgan fingerprint density at radius 2 is 1.97 bits per heavy atom. The SMILES string of the molecule is Cc1cccc2c(-c3ccncc3)c(C3CCCN(C(=O)c4cc(C5CC5)on4)C3)[nH]c12. The first-order chi connectivity index (χ1) is 15.7. The number of piperidine rings is 1. The third-order valence-corrected chi connectivity index (χ3v) is 6.88. The molecule has 6 nitrogen and oxygen atoms in total. The van der Waals surface area contributed by atoms with Gasteiger partial charge in [0.05, 0.1) is 0 Å². The quantitative estimate of drug-likeness (QED) is 0.473. The number of likely N-dealkylation sites (tertiary alicyclic amines) is 1. The van der Waals surface area contributed by atoms with Gasteiger partial charge in [0.1, 0.15) is 5.76 Å². The van der Waals surface area contributed by atoms with Gasteiger partial charge in [-0.05, 0) is 55.9 Å². The minimum Gasteiger partial charge on any atom is -0.360 e. The Bertz CT molecular complexity index is 1290. The van der Waals surface area contributed by atoms with Crippen LogP contribution in [0.3, 0.4) is 0 Å². The number of para-hydroxylation sites is 1. The van der Waals surface area contributed by atoms with E-state index in [9.17, 15) is 4.79 Å². The fraction of sp³-hybridized carbons (Fsp3) is 0.346. The van der Waals surface area contributed by atoms with Crippen LogP contribution in [0.25, 0.3) is 22.0 Å². The normalized spacial score (nSPS) is 18.9. The van der Waals surface area contributed by atoms with Crippen LogP contribution in [-0.4, -0.2) is 39.0 Å². The van der Waals surface area contributed by atoms with Crippen molar-refractivity contribution < 1.29 is 9.32 Å². The number of nitrogens with zero attached hydrogens (tertiary/aromatic N) is 3. The zero-order chi connectivity index (χ0) is 21.7. The summed E-state index contributed by atoms with van der Waals surface area (Å²) in [5.74, 6) is 1.52. The van der Waals surface area contributed by atoms with Gasteiger partial charge in [-0.3, -0.25) is 9.78 Å². The molecule has 1 N–H and O–H groups in total. The van der Waals surface area contributed by atoms with E-state index < -0.39 is 0 Å².